The summed E-state index contributed by atoms with van der Waals surface area (Å²) < 4.78 is 20.8. The Morgan fingerprint density at radius 2 is 1.93 bits per heavy atom. The number of rotatable bonds is 5. The summed E-state index contributed by atoms with van der Waals surface area (Å²) in [6.07, 6.45) is 3.26. The minimum atomic E-state index is 0.0485. The van der Waals surface area contributed by atoms with Crippen molar-refractivity contribution in [2.75, 3.05) is 49.5 Å². The number of nitrogens with one attached hydrogen (secondary N) is 1. The van der Waals surface area contributed by atoms with Gasteiger partial charge in [-0.1, -0.05) is 12.1 Å². The van der Waals surface area contributed by atoms with Crippen molar-refractivity contribution in [1.29, 1.82) is 0 Å². The molecule has 0 saturated carbocycles. The maximum atomic E-state index is 6.10. The van der Waals surface area contributed by atoms with Crippen LogP contribution in [-0.2, 0) is 0 Å². The van der Waals surface area contributed by atoms with Crippen LogP contribution in [0.25, 0.3) is 0 Å². The molecule has 1 atom stereocenters. The molecule has 2 aliphatic rings. The first-order valence-electron chi connectivity index (χ1n) is 9.56. The lowest BCUT2D eigenvalue weighted by Gasteiger charge is -2.37. The van der Waals surface area contributed by atoms with E-state index in [4.69, 9.17) is 9.47 Å². The molecular weight excluding hydrogens is 390 g/mol. The van der Waals surface area contributed by atoms with Gasteiger partial charge in [-0.05, 0) is 18.2 Å². The molecule has 5 rings (SSSR count). The molecule has 1 unspecified atom stereocenters. The Balaban J connectivity index is 1.16. The first kappa shape index (κ1) is 18.1. The molecule has 29 heavy (non-hydrogen) atoms. The molecule has 2 aromatic heterocycles. The second-order valence-corrected chi connectivity index (χ2v) is 7.47. The predicted molar refractivity (Wildman–Crippen MR) is 110 cm³/mol. The summed E-state index contributed by atoms with van der Waals surface area (Å²) in [7, 11) is 0. The summed E-state index contributed by atoms with van der Waals surface area (Å²) in [5, 5.41) is 3.23. The van der Waals surface area contributed by atoms with E-state index in [1.54, 1.807) is 6.20 Å². The van der Waals surface area contributed by atoms with Crippen molar-refractivity contribution in [2.45, 2.75) is 6.10 Å². The summed E-state index contributed by atoms with van der Waals surface area (Å²) in [5.41, 5.74) is 0. The summed E-state index contributed by atoms with van der Waals surface area (Å²) in [4.78, 5) is 12.8. The predicted octanol–water partition coefficient (Wildman–Crippen LogP) is 2.03. The van der Waals surface area contributed by atoms with Crippen LogP contribution >= 0.6 is 11.7 Å². The summed E-state index contributed by atoms with van der Waals surface area (Å²) in [6, 6.07) is 9.65. The molecule has 150 valence electrons. The number of ether oxygens (including phenoxy) is 2. The Kier molecular flexibility index (Phi) is 5.10. The molecule has 1 saturated heterocycles. The second-order valence-electron chi connectivity index (χ2n) is 6.94. The van der Waals surface area contributed by atoms with Gasteiger partial charge in [0.1, 0.15) is 24.9 Å². The number of hydrogen-bond acceptors (Lipinski definition) is 10. The van der Waals surface area contributed by atoms with Gasteiger partial charge in [0, 0.05) is 38.9 Å². The third-order valence-electron chi connectivity index (χ3n) is 5.00. The largest absolute Gasteiger partial charge is 0.486 e. The number of nitrogens with zero attached hydrogens (tertiary/aromatic N) is 6. The van der Waals surface area contributed by atoms with Crippen LogP contribution in [0.1, 0.15) is 0 Å². The van der Waals surface area contributed by atoms with Gasteiger partial charge < -0.3 is 19.7 Å². The Morgan fingerprint density at radius 1 is 1.07 bits per heavy atom. The van der Waals surface area contributed by atoms with E-state index >= 15 is 0 Å². The number of aromatic nitrogens is 4. The van der Waals surface area contributed by atoms with Crippen LogP contribution in [0.2, 0.25) is 0 Å². The molecular formula is C19H21N7O2S. The van der Waals surface area contributed by atoms with E-state index in [0.717, 1.165) is 55.9 Å². The van der Waals surface area contributed by atoms with E-state index in [0.29, 0.717) is 12.4 Å². The maximum Gasteiger partial charge on any atom is 0.190 e. The highest BCUT2D eigenvalue weighted by Crippen LogP contribution is 2.31. The van der Waals surface area contributed by atoms with Crippen LogP contribution in [0.4, 0.5) is 17.5 Å². The molecule has 0 bridgehead atoms. The van der Waals surface area contributed by atoms with Crippen molar-refractivity contribution in [3.63, 3.8) is 0 Å². The summed E-state index contributed by atoms with van der Waals surface area (Å²) in [6.45, 7) is 5.07. The zero-order valence-electron chi connectivity index (χ0n) is 15.8. The molecule has 0 amide bonds. The Morgan fingerprint density at radius 3 is 2.76 bits per heavy atom. The number of fused-ring (bicyclic) bond motifs is 1. The number of piperazine rings is 1. The van der Waals surface area contributed by atoms with Crippen LogP contribution in [0.15, 0.2) is 42.9 Å². The van der Waals surface area contributed by atoms with E-state index in [2.05, 4.69) is 33.8 Å². The highest BCUT2D eigenvalue weighted by molar-refractivity contribution is 6.99. The molecule has 3 aromatic rings. The van der Waals surface area contributed by atoms with Gasteiger partial charge in [0.15, 0.2) is 23.1 Å². The van der Waals surface area contributed by atoms with Crippen molar-refractivity contribution >= 4 is 29.2 Å². The quantitative estimate of drug-likeness (QED) is 0.677. The van der Waals surface area contributed by atoms with Gasteiger partial charge in [-0.25, -0.2) is 9.97 Å². The summed E-state index contributed by atoms with van der Waals surface area (Å²) >= 11 is 1.20. The molecule has 2 aliphatic heterocycles. The average Bonchev–Trinajstić information content (AvgIpc) is 3.23. The number of benzene rings is 1. The minimum Gasteiger partial charge on any atom is -0.486 e. The number of para-hydroxylation sites is 2. The highest BCUT2D eigenvalue weighted by Gasteiger charge is 2.27. The average molecular weight is 411 g/mol. The fourth-order valence-electron chi connectivity index (χ4n) is 3.54. The van der Waals surface area contributed by atoms with Crippen LogP contribution in [0.3, 0.4) is 0 Å². The highest BCUT2D eigenvalue weighted by atomic mass is 32.1. The molecule has 4 heterocycles. The SMILES string of the molecule is c1ccc2c(c1)OCC(CN1CCN(c3nsnc3Nc3ccncn3)CC1)O2. The van der Waals surface area contributed by atoms with Gasteiger partial charge in [0.25, 0.3) is 0 Å². The Labute approximate surface area is 172 Å². The standard InChI is InChI=1S/C19H21N7O2S/c1-2-4-16-15(3-1)27-12-14(28-16)11-25-7-9-26(10-8-25)19-18(23-29-24-19)22-17-5-6-20-13-21-17/h1-6,13-14H,7-12H2,(H,20,21,22,23). The normalized spacial score (nSPS) is 19.2. The smallest absolute Gasteiger partial charge is 0.190 e. The third-order valence-corrected chi connectivity index (χ3v) is 5.52. The molecule has 1 fully saturated rings. The van der Waals surface area contributed by atoms with Crippen molar-refractivity contribution in [3.05, 3.63) is 42.9 Å². The zero-order chi connectivity index (χ0) is 19.5. The minimum absolute atomic E-state index is 0.0485. The van der Waals surface area contributed by atoms with Crippen LogP contribution < -0.4 is 19.7 Å². The zero-order valence-corrected chi connectivity index (χ0v) is 16.6. The monoisotopic (exact) mass is 411 g/mol. The third kappa shape index (κ3) is 4.08. The molecule has 9 nitrogen and oxygen atoms in total. The van der Waals surface area contributed by atoms with E-state index in [1.807, 2.05) is 30.3 Å². The molecule has 1 aromatic carbocycles. The maximum absolute atomic E-state index is 6.10. The van der Waals surface area contributed by atoms with Crippen molar-refractivity contribution < 1.29 is 9.47 Å². The fourth-order valence-corrected chi connectivity index (χ4v) is 4.07. The number of anilines is 3. The van der Waals surface area contributed by atoms with E-state index in [1.165, 1.54) is 18.1 Å². The Hall–Kier alpha value is -2.98. The Bertz CT molecular complexity index is 946. The van der Waals surface area contributed by atoms with Gasteiger partial charge >= 0.3 is 0 Å². The van der Waals surface area contributed by atoms with E-state index in [9.17, 15) is 0 Å². The fraction of sp³-hybridized carbons (Fsp3) is 0.368. The van der Waals surface area contributed by atoms with E-state index < -0.39 is 0 Å². The van der Waals surface area contributed by atoms with Gasteiger partial charge in [-0.2, -0.15) is 8.75 Å². The lowest BCUT2D eigenvalue weighted by atomic mass is 10.2. The second kappa shape index (κ2) is 8.18. The first-order chi connectivity index (χ1) is 14.3. The van der Waals surface area contributed by atoms with Crippen molar-refractivity contribution in [2.24, 2.45) is 0 Å². The molecule has 10 heteroatoms. The van der Waals surface area contributed by atoms with Gasteiger partial charge in [-0.3, -0.25) is 4.90 Å². The number of hydrogen-bond donors (Lipinski definition) is 1. The first-order valence-corrected chi connectivity index (χ1v) is 10.3. The van der Waals surface area contributed by atoms with Crippen molar-refractivity contribution in [1.82, 2.24) is 23.6 Å². The van der Waals surface area contributed by atoms with Crippen LogP contribution in [-0.4, -0.2) is 69.0 Å². The topological polar surface area (TPSA) is 88.5 Å². The summed E-state index contributed by atoms with van der Waals surface area (Å²) in [5.74, 6) is 3.98. The van der Waals surface area contributed by atoms with Gasteiger partial charge in [0.05, 0.1) is 11.7 Å². The lowest BCUT2D eigenvalue weighted by molar-refractivity contribution is 0.0571. The molecule has 0 spiro atoms. The van der Waals surface area contributed by atoms with Crippen LogP contribution in [0.5, 0.6) is 11.5 Å². The van der Waals surface area contributed by atoms with Crippen molar-refractivity contribution in [3.8, 4) is 11.5 Å². The van der Waals surface area contributed by atoms with Crippen LogP contribution in [0, 0.1) is 0 Å². The van der Waals surface area contributed by atoms with E-state index in [-0.39, 0.29) is 6.10 Å². The molecule has 0 aliphatic carbocycles. The van der Waals surface area contributed by atoms with Gasteiger partial charge in [-0.15, -0.1) is 0 Å². The lowest BCUT2D eigenvalue weighted by Crippen LogP contribution is -2.50. The molecule has 1 N–H and O–H groups in total. The molecule has 0 radical (unpaired) electrons. The van der Waals surface area contributed by atoms with Gasteiger partial charge in [0.2, 0.25) is 0 Å².